The van der Waals surface area contributed by atoms with Crippen LogP contribution in [0, 0.1) is 24.0 Å². The predicted octanol–water partition coefficient (Wildman–Crippen LogP) is 6.75. The molecule has 2 aliphatic heterocycles. The van der Waals surface area contributed by atoms with E-state index in [9.17, 15) is 23.2 Å². The zero-order valence-electron chi connectivity index (χ0n) is 33.0. The van der Waals surface area contributed by atoms with E-state index in [1.807, 2.05) is 19.1 Å². The van der Waals surface area contributed by atoms with Crippen molar-refractivity contribution in [1.29, 1.82) is 0 Å². The molecule has 18 heteroatoms. The van der Waals surface area contributed by atoms with Crippen LogP contribution in [0.2, 0.25) is 0 Å². The molecule has 59 heavy (non-hydrogen) atoms. The van der Waals surface area contributed by atoms with Crippen molar-refractivity contribution in [2.75, 3.05) is 24.5 Å². The van der Waals surface area contributed by atoms with Crippen molar-refractivity contribution in [1.82, 2.24) is 45.8 Å². The third kappa shape index (κ3) is 7.45. The number of carbonyl (C=O) groups is 3. The first-order valence-corrected chi connectivity index (χ1v) is 19.2. The van der Waals surface area contributed by atoms with Crippen LogP contribution in [-0.4, -0.2) is 78.6 Å². The van der Waals surface area contributed by atoms with Crippen LogP contribution in [0.5, 0.6) is 0 Å². The van der Waals surface area contributed by atoms with Gasteiger partial charge >= 0.3 is 6.03 Å². The maximum atomic E-state index is 15.7. The number of nitrogens with zero attached hydrogens (tertiary/aromatic N) is 7. The van der Waals surface area contributed by atoms with Crippen molar-refractivity contribution in [2.24, 2.45) is 5.41 Å². The minimum Gasteiger partial charge on any atom is -0.350 e. The minimum absolute atomic E-state index is 0.0322. The number of benzene rings is 2. The monoisotopic (exact) mass is 814 g/mol. The number of halogens is 4. The number of aromatic nitrogens is 6. The Morgan fingerprint density at radius 2 is 1.80 bits per heavy atom. The zero-order valence-corrected chi connectivity index (χ0v) is 33.0. The molecule has 1 atom stereocenters. The Labute approximate surface area is 336 Å². The summed E-state index contributed by atoms with van der Waals surface area (Å²) in [5, 5.41) is 15.2. The molecule has 3 aromatic heterocycles. The Hall–Kier alpha value is -6.04. The fourth-order valence-corrected chi connectivity index (χ4v) is 8.02. The van der Waals surface area contributed by atoms with Crippen molar-refractivity contribution in [2.45, 2.75) is 83.7 Å². The molecule has 0 radical (unpaired) electrons. The molecule has 3 aliphatic rings. The minimum atomic E-state index is -3.07. The lowest BCUT2D eigenvalue weighted by Crippen LogP contribution is -2.61. The van der Waals surface area contributed by atoms with Crippen molar-refractivity contribution < 1.29 is 36.5 Å². The Kier molecular flexibility index (Phi) is 9.88. The molecule has 8 rings (SSSR count). The van der Waals surface area contributed by atoms with Crippen LogP contribution in [0.1, 0.15) is 97.9 Å². The lowest BCUT2D eigenvalue weighted by molar-refractivity contribution is -0.120. The molecule has 308 valence electrons. The lowest BCUT2D eigenvalue weighted by Gasteiger charge is -2.61. The number of likely N-dealkylation sites (tertiary alicyclic amines) is 1. The molecule has 1 aliphatic carbocycles. The van der Waals surface area contributed by atoms with Gasteiger partial charge in [-0.1, -0.05) is 23.4 Å². The van der Waals surface area contributed by atoms with Gasteiger partial charge in [0.25, 0.3) is 11.8 Å². The number of hydrogen-bond acceptors (Lipinski definition) is 10. The second-order valence-electron chi connectivity index (χ2n) is 16.5. The van der Waals surface area contributed by atoms with E-state index < -0.39 is 34.9 Å². The molecule has 14 nitrogen and oxygen atoms in total. The molecule has 2 aromatic carbocycles. The number of anilines is 1. The van der Waals surface area contributed by atoms with E-state index in [4.69, 9.17) is 4.52 Å². The molecule has 2 saturated heterocycles. The second kappa shape index (κ2) is 14.7. The van der Waals surface area contributed by atoms with E-state index in [-0.39, 0.29) is 77.4 Å². The number of amides is 4. The first kappa shape index (κ1) is 39.8. The number of carbonyl (C=O) groups excluding carboxylic acids is 3. The average Bonchev–Trinajstić information content (AvgIpc) is 3.84. The topological polar surface area (TPSA) is 175 Å². The van der Waals surface area contributed by atoms with Gasteiger partial charge < -0.3 is 9.84 Å². The fourth-order valence-electron chi connectivity index (χ4n) is 8.02. The Morgan fingerprint density at radius 1 is 1.03 bits per heavy atom. The normalized spacial score (nSPS) is 17.7. The van der Waals surface area contributed by atoms with E-state index >= 15 is 8.78 Å². The van der Waals surface area contributed by atoms with E-state index in [1.54, 1.807) is 19.1 Å². The van der Waals surface area contributed by atoms with Crippen LogP contribution in [0.15, 0.2) is 53.2 Å². The lowest BCUT2D eigenvalue weighted by atomic mass is 9.56. The number of alkyl halides is 2. The standard InChI is InChI=1S/C41H42F4N10O4/c1-21-27(17-46-35(48-21)30-14-32(59-53-30)36(57)47-18-33-49-37(52-51-33)39(3,4)40(5,44)45)26-8-6-23(12-28(26)42)22(2)54-19-41(20-54)15-25(16-41)24-7-9-31(29(43)13-24)55-11-10-34(56)50-38(55)58/h6-9,12-14,17,22,25H,10-11,15-16,18-20H2,1-5H3,(H,47,57)(H,49,51,52)(H,50,56,58). The summed E-state index contributed by atoms with van der Waals surface area (Å²) in [4.78, 5) is 53.0. The number of aromatic amines is 1. The molecule has 5 aromatic rings. The van der Waals surface area contributed by atoms with Gasteiger partial charge in [0.2, 0.25) is 11.7 Å². The maximum Gasteiger partial charge on any atom is 0.328 e. The van der Waals surface area contributed by atoms with Gasteiger partial charge in [-0.2, -0.15) is 5.10 Å². The van der Waals surface area contributed by atoms with Crippen molar-refractivity contribution in [3.8, 4) is 22.6 Å². The summed E-state index contributed by atoms with van der Waals surface area (Å²) in [7, 11) is 0. The Morgan fingerprint density at radius 3 is 2.47 bits per heavy atom. The number of urea groups is 1. The molecule has 0 bridgehead atoms. The smallest absolute Gasteiger partial charge is 0.328 e. The molecule has 1 unspecified atom stereocenters. The molecule has 1 spiro atoms. The van der Waals surface area contributed by atoms with Crippen LogP contribution < -0.4 is 15.5 Å². The summed E-state index contributed by atoms with van der Waals surface area (Å²) in [6.07, 6.45) is 3.44. The highest BCUT2D eigenvalue weighted by atomic mass is 19.3. The average molecular weight is 815 g/mol. The molecule has 1 saturated carbocycles. The molecule has 3 N–H and O–H groups in total. The highest BCUT2D eigenvalue weighted by Crippen LogP contribution is 2.57. The highest BCUT2D eigenvalue weighted by Gasteiger charge is 2.53. The molecule has 3 fully saturated rings. The number of hydrogen-bond donors (Lipinski definition) is 3. The van der Waals surface area contributed by atoms with Gasteiger partial charge in [0.05, 0.1) is 17.6 Å². The summed E-state index contributed by atoms with van der Waals surface area (Å²) >= 11 is 0. The Balaban J connectivity index is 0.848. The van der Waals surface area contributed by atoms with Gasteiger partial charge in [-0.25, -0.2) is 37.3 Å². The SMILES string of the molecule is Cc1nc(-c2cc(C(=O)NCc3nc(C(C)(C)C(C)(F)F)n[nH]3)on2)ncc1-c1ccc(C(C)N2CC3(CC(c4ccc(N5CCC(=O)NC5=O)c(F)c4)C3)C2)cc1F. The van der Waals surface area contributed by atoms with Crippen LogP contribution in [-0.2, 0) is 16.8 Å². The van der Waals surface area contributed by atoms with E-state index in [2.05, 4.69) is 45.8 Å². The molecular weight excluding hydrogens is 773 g/mol. The largest absolute Gasteiger partial charge is 0.350 e. The van der Waals surface area contributed by atoms with Gasteiger partial charge in [-0.15, -0.1) is 0 Å². The predicted molar refractivity (Wildman–Crippen MR) is 205 cm³/mol. The third-order valence-electron chi connectivity index (χ3n) is 12.1. The number of imide groups is 1. The van der Waals surface area contributed by atoms with Gasteiger partial charge in [0.15, 0.2) is 17.3 Å². The van der Waals surface area contributed by atoms with Crippen molar-refractivity contribution >= 4 is 23.5 Å². The van der Waals surface area contributed by atoms with Gasteiger partial charge in [-0.3, -0.25) is 29.8 Å². The summed E-state index contributed by atoms with van der Waals surface area (Å²) in [6, 6.07) is 10.8. The van der Waals surface area contributed by atoms with Crippen LogP contribution in [0.4, 0.5) is 28.0 Å². The number of rotatable bonds is 11. The quantitative estimate of drug-likeness (QED) is 0.121. The fraction of sp³-hybridized carbons (Fsp3) is 0.415. The van der Waals surface area contributed by atoms with E-state index in [0.29, 0.717) is 16.8 Å². The van der Waals surface area contributed by atoms with Crippen LogP contribution >= 0.6 is 0 Å². The summed E-state index contributed by atoms with van der Waals surface area (Å²) in [5.74, 6) is -4.66. The second-order valence-corrected chi connectivity index (χ2v) is 16.5. The molecular formula is C41H42F4N10O4. The van der Waals surface area contributed by atoms with E-state index in [0.717, 1.165) is 44.0 Å². The summed E-state index contributed by atoms with van der Waals surface area (Å²) in [6.45, 7) is 8.92. The summed E-state index contributed by atoms with van der Waals surface area (Å²) in [5.41, 5.74) is 1.88. The number of nitrogens with one attached hydrogen (secondary N) is 3. The summed E-state index contributed by atoms with van der Waals surface area (Å²) < 4.78 is 64.0. The zero-order chi connectivity index (χ0) is 42.0. The number of aryl methyl sites for hydroxylation is 1. The molecule has 5 heterocycles. The van der Waals surface area contributed by atoms with Crippen molar-refractivity contribution in [3.05, 3.63) is 94.5 Å². The van der Waals surface area contributed by atoms with Crippen molar-refractivity contribution in [3.63, 3.8) is 0 Å². The van der Waals surface area contributed by atoms with Gasteiger partial charge in [0, 0.05) is 68.1 Å². The van der Waals surface area contributed by atoms with Crippen LogP contribution in [0.25, 0.3) is 22.6 Å². The van der Waals surface area contributed by atoms with Crippen LogP contribution in [0.3, 0.4) is 0 Å². The highest BCUT2D eigenvalue weighted by molar-refractivity contribution is 6.05. The van der Waals surface area contributed by atoms with E-state index in [1.165, 1.54) is 43.1 Å². The maximum absolute atomic E-state index is 15.7. The first-order chi connectivity index (χ1) is 27.9. The number of H-pyrrole nitrogens is 1. The molecule has 4 amide bonds. The van der Waals surface area contributed by atoms with Gasteiger partial charge in [0.1, 0.15) is 17.5 Å². The third-order valence-corrected chi connectivity index (χ3v) is 12.1. The first-order valence-electron chi connectivity index (χ1n) is 19.2. The Bertz CT molecular complexity index is 2470. The van der Waals surface area contributed by atoms with Gasteiger partial charge in [-0.05, 0) is 81.2 Å².